The van der Waals surface area contributed by atoms with Crippen LogP contribution in [0.4, 0.5) is 5.69 Å². The fourth-order valence-corrected chi connectivity index (χ4v) is 3.00. The van der Waals surface area contributed by atoms with E-state index in [-0.39, 0.29) is 12.5 Å². The molecule has 156 valence electrons. The number of ether oxygens (including phenoxy) is 2. The van der Waals surface area contributed by atoms with Crippen molar-refractivity contribution >= 4 is 17.8 Å². The number of nitrogens with zero attached hydrogens (tertiary/aromatic N) is 1. The number of carbonyl (C=O) groups excluding carboxylic acids is 1. The molecule has 0 aliphatic heterocycles. The van der Waals surface area contributed by atoms with Gasteiger partial charge < -0.3 is 19.6 Å². The van der Waals surface area contributed by atoms with Crippen molar-refractivity contribution in [2.45, 2.75) is 39.5 Å². The minimum Gasteiger partial charge on any atom is -0.493 e. The summed E-state index contributed by atoms with van der Waals surface area (Å²) in [6.45, 7) is 8.27. The summed E-state index contributed by atoms with van der Waals surface area (Å²) >= 11 is 0. The first-order chi connectivity index (χ1) is 13.9. The molecule has 0 spiro atoms. The summed E-state index contributed by atoms with van der Waals surface area (Å²) in [7, 11) is 3.15. The summed E-state index contributed by atoms with van der Waals surface area (Å²) in [5, 5.41) is 6.89. The van der Waals surface area contributed by atoms with E-state index in [2.05, 4.69) is 38.2 Å². The van der Waals surface area contributed by atoms with Crippen molar-refractivity contribution in [3.8, 4) is 11.5 Å². The SMILES string of the molecule is COc1ccc(/C=N/OCC(=O)Nc2c(C(C)C)cccc2C(C)C)cc1OC. The third-order valence-electron chi connectivity index (χ3n) is 4.52. The first-order valence-corrected chi connectivity index (χ1v) is 9.67. The molecule has 0 unspecified atom stereocenters. The van der Waals surface area contributed by atoms with Gasteiger partial charge in [-0.2, -0.15) is 0 Å². The second kappa shape index (κ2) is 10.5. The highest BCUT2D eigenvalue weighted by Crippen LogP contribution is 2.32. The monoisotopic (exact) mass is 398 g/mol. The van der Waals surface area contributed by atoms with Crippen LogP contribution in [0.3, 0.4) is 0 Å². The van der Waals surface area contributed by atoms with Gasteiger partial charge in [0, 0.05) is 11.3 Å². The first-order valence-electron chi connectivity index (χ1n) is 9.67. The lowest BCUT2D eigenvalue weighted by Crippen LogP contribution is -2.19. The maximum absolute atomic E-state index is 12.4. The van der Waals surface area contributed by atoms with Gasteiger partial charge in [-0.15, -0.1) is 0 Å². The number of carbonyl (C=O) groups is 1. The molecule has 0 aliphatic carbocycles. The Kier molecular flexibility index (Phi) is 8.07. The summed E-state index contributed by atoms with van der Waals surface area (Å²) < 4.78 is 10.5. The fraction of sp³-hybridized carbons (Fsp3) is 0.391. The number of methoxy groups -OCH3 is 2. The van der Waals surface area contributed by atoms with E-state index >= 15 is 0 Å². The van der Waals surface area contributed by atoms with E-state index in [1.54, 1.807) is 26.4 Å². The lowest BCUT2D eigenvalue weighted by Gasteiger charge is -2.19. The predicted molar refractivity (Wildman–Crippen MR) is 116 cm³/mol. The van der Waals surface area contributed by atoms with Crippen molar-refractivity contribution in [1.82, 2.24) is 0 Å². The zero-order chi connectivity index (χ0) is 21.4. The van der Waals surface area contributed by atoms with Gasteiger partial charge in [0.1, 0.15) is 0 Å². The minimum absolute atomic E-state index is 0.173. The Morgan fingerprint density at radius 1 is 1.00 bits per heavy atom. The largest absolute Gasteiger partial charge is 0.493 e. The van der Waals surface area contributed by atoms with Crippen LogP contribution in [-0.2, 0) is 9.63 Å². The van der Waals surface area contributed by atoms with Gasteiger partial charge in [-0.25, -0.2) is 0 Å². The average molecular weight is 399 g/mol. The molecular formula is C23H30N2O4. The number of amides is 1. The van der Waals surface area contributed by atoms with Gasteiger partial charge in [0.05, 0.1) is 20.4 Å². The molecule has 0 saturated carbocycles. The molecule has 2 aromatic rings. The molecule has 1 amide bonds. The molecule has 6 nitrogen and oxygen atoms in total. The summed E-state index contributed by atoms with van der Waals surface area (Å²) in [6.07, 6.45) is 1.52. The maximum atomic E-state index is 12.4. The zero-order valence-electron chi connectivity index (χ0n) is 18.0. The second-order valence-electron chi connectivity index (χ2n) is 7.29. The number of para-hydroxylation sites is 1. The van der Waals surface area contributed by atoms with Gasteiger partial charge in [-0.3, -0.25) is 4.79 Å². The summed E-state index contributed by atoms with van der Waals surface area (Å²) in [5.41, 5.74) is 3.86. The van der Waals surface area contributed by atoms with Crippen LogP contribution in [0.2, 0.25) is 0 Å². The minimum atomic E-state index is -0.246. The van der Waals surface area contributed by atoms with Crippen molar-refractivity contribution in [3.05, 3.63) is 53.1 Å². The molecule has 0 fully saturated rings. The molecule has 6 heteroatoms. The smallest absolute Gasteiger partial charge is 0.265 e. The summed E-state index contributed by atoms with van der Waals surface area (Å²) in [4.78, 5) is 17.6. The molecule has 2 aromatic carbocycles. The van der Waals surface area contributed by atoms with Crippen LogP contribution in [0.1, 0.15) is 56.2 Å². The van der Waals surface area contributed by atoms with Crippen LogP contribution < -0.4 is 14.8 Å². The van der Waals surface area contributed by atoms with Crippen LogP contribution in [0.5, 0.6) is 11.5 Å². The molecule has 0 aliphatic rings. The Morgan fingerprint density at radius 3 is 2.17 bits per heavy atom. The Balaban J connectivity index is 2.01. The van der Waals surface area contributed by atoms with Gasteiger partial charge in [-0.05, 0) is 41.2 Å². The molecule has 0 bridgehead atoms. The lowest BCUT2D eigenvalue weighted by molar-refractivity contribution is -0.120. The zero-order valence-corrected chi connectivity index (χ0v) is 18.0. The topological polar surface area (TPSA) is 69.2 Å². The van der Waals surface area contributed by atoms with Gasteiger partial charge >= 0.3 is 0 Å². The molecule has 2 rings (SSSR count). The van der Waals surface area contributed by atoms with E-state index in [0.29, 0.717) is 23.3 Å². The van der Waals surface area contributed by atoms with Crippen LogP contribution in [0.25, 0.3) is 0 Å². The van der Waals surface area contributed by atoms with E-state index in [0.717, 1.165) is 22.4 Å². The molecular weight excluding hydrogens is 368 g/mol. The third kappa shape index (κ3) is 5.98. The number of hydrogen-bond donors (Lipinski definition) is 1. The average Bonchev–Trinajstić information content (AvgIpc) is 2.70. The Bertz CT molecular complexity index is 834. The van der Waals surface area contributed by atoms with Gasteiger partial charge in [0.15, 0.2) is 18.1 Å². The first kappa shape index (κ1) is 22.3. The van der Waals surface area contributed by atoms with Crippen LogP contribution in [0, 0.1) is 0 Å². The molecule has 1 N–H and O–H groups in total. The fourth-order valence-electron chi connectivity index (χ4n) is 3.00. The normalized spacial score (nSPS) is 11.2. The van der Waals surface area contributed by atoms with E-state index < -0.39 is 0 Å². The predicted octanol–water partition coefficient (Wildman–Crippen LogP) is 4.94. The number of oxime groups is 1. The van der Waals surface area contributed by atoms with Gasteiger partial charge in [0.25, 0.3) is 5.91 Å². The van der Waals surface area contributed by atoms with Crippen molar-refractivity contribution in [3.63, 3.8) is 0 Å². The number of rotatable bonds is 9. The van der Waals surface area contributed by atoms with Crippen molar-refractivity contribution in [2.75, 3.05) is 26.1 Å². The second-order valence-corrected chi connectivity index (χ2v) is 7.29. The maximum Gasteiger partial charge on any atom is 0.265 e. The van der Waals surface area contributed by atoms with Crippen molar-refractivity contribution in [2.24, 2.45) is 5.16 Å². The Hall–Kier alpha value is -3.02. The van der Waals surface area contributed by atoms with Crippen LogP contribution >= 0.6 is 0 Å². The highest BCUT2D eigenvalue weighted by Gasteiger charge is 2.16. The Morgan fingerprint density at radius 2 is 1.62 bits per heavy atom. The number of benzene rings is 2. The van der Waals surface area contributed by atoms with E-state index in [9.17, 15) is 4.79 Å². The quantitative estimate of drug-likeness (QED) is 0.480. The molecule has 0 atom stereocenters. The van der Waals surface area contributed by atoms with E-state index in [1.165, 1.54) is 6.21 Å². The summed E-state index contributed by atoms with van der Waals surface area (Å²) in [5.74, 6) is 1.58. The van der Waals surface area contributed by atoms with Crippen molar-refractivity contribution < 1.29 is 19.1 Å². The van der Waals surface area contributed by atoms with Crippen molar-refractivity contribution in [1.29, 1.82) is 0 Å². The van der Waals surface area contributed by atoms with E-state index in [4.69, 9.17) is 14.3 Å². The molecule has 0 heterocycles. The van der Waals surface area contributed by atoms with Gasteiger partial charge in [0.2, 0.25) is 0 Å². The molecule has 29 heavy (non-hydrogen) atoms. The molecule has 0 radical (unpaired) electrons. The van der Waals surface area contributed by atoms with Crippen LogP contribution in [-0.4, -0.2) is 32.9 Å². The van der Waals surface area contributed by atoms with Gasteiger partial charge in [-0.1, -0.05) is 51.0 Å². The highest BCUT2D eigenvalue weighted by molar-refractivity contribution is 5.93. The number of nitrogens with one attached hydrogen (secondary N) is 1. The van der Waals surface area contributed by atoms with E-state index in [1.807, 2.05) is 24.3 Å². The standard InChI is InChI=1S/C23H30N2O4/c1-15(2)18-8-7-9-19(16(3)4)23(18)25-22(26)14-29-24-13-17-10-11-20(27-5)21(12-17)28-6/h7-13,15-16H,14H2,1-6H3,(H,25,26)/b24-13+. The molecule has 0 saturated heterocycles. The lowest BCUT2D eigenvalue weighted by atomic mass is 9.92. The van der Waals surface area contributed by atoms with Crippen LogP contribution in [0.15, 0.2) is 41.6 Å². The third-order valence-corrected chi connectivity index (χ3v) is 4.52. The molecule has 0 aromatic heterocycles. The Labute approximate surface area is 172 Å². The summed E-state index contributed by atoms with van der Waals surface area (Å²) in [6, 6.07) is 11.5. The number of hydrogen-bond acceptors (Lipinski definition) is 5. The number of anilines is 1. The highest BCUT2D eigenvalue weighted by atomic mass is 16.6.